The van der Waals surface area contributed by atoms with Crippen LogP contribution in [0.4, 0.5) is 4.79 Å². The Kier molecular flexibility index (Phi) is 5.10. The highest BCUT2D eigenvalue weighted by molar-refractivity contribution is 5.68. The first kappa shape index (κ1) is 13.3. The zero-order valence-electron chi connectivity index (χ0n) is 11.0. The monoisotopic (exact) mass is 227 g/mol. The van der Waals surface area contributed by atoms with Gasteiger partial charge < -0.3 is 9.64 Å². The molecular formula is C13H25NO2. The molecule has 0 aliphatic carbocycles. The van der Waals surface area contributed by atoms with Gasteiger partial charge in [0.15, 0.2) is 0 Å². The van der Waals surface area contributed by atoms with Crippen molar-refractivity contribution < 1.29 is 9.53 Å². The predicted molar refractivity (Wildman–Crippen MR) is 65.5 cm³/mol. The van der Waals surface area contributed by atoms with Gasteiger partial charge in [-0.05, 0) is 46.0 Å². The Morgan fingerprint density at radius 1 is 1.25 bits per heavy atom. The average molecular weight is 227 g/mol. The molecule has 0 aromatic heterocycles. The summed E-state index contributed by atoms with van der Waals surface area (Å²) in [5.41, 5.74) is 0. The third kappa shape index (κ3) is 3.13. The molecular weight excluding hydrogens is 202 g/mol. The molecule has 3 nitrogen and oxygen atoms in total. The van der Waals surface area contributed by atoms with Crippen molar-refractivity contribution in [1.82, 2.24) is 4.90 Å². The second-order valence-corrected chi connectivity index (χ2v) is 4.86. The van der Waals surface area contributed by atoms with Gasteiger partial charge in [0, 0.05) is 12.1 Å². The second-order valence-electron chi connectivity index (χ2n) is 4.86. The third-order valence-electron chi connectivity index (χ3n) is 3.58. The van der Waals surface area contributed by atoms with E-state index in [0.717, 1.165) is 25.7 Å². The molecule has 0 N–H and O–H groups in total. The molecule has 0 aromatic rings. The quantitative estimate of drug-likeness (QED) is 0.737. The van der Waals surface area contributed by atoms with Crippen molar-refractivity contribution in [1.29, 1.82) is 0 Å². The highest BCUT2D eigenvalue weighted by Crippen LogP contribution is 2.23. The smallest absolute Gasteiger partial charge is 0.410 e. The molecule has 0 spiro atoms. The van der Waals surface area contributed by atoms with Gasteiger partial charge in [0.2, 0.25) is 0 Å². The molecule has 1 aliphatic rings. The van der Waals surface area contributed by atoms with Crippen molar-refractivity contribution in [3.8, 4) is 0 Å². The molecule has 1 saturated heterocycles. The summed E-state index contributed by atoms with van der Waals surface area (Å²) in [5, 5.41) is 0. The van der Waals surface area contributed by atoms with Crippen LogP contribution in [0.1, 0.15) is 59.8 Å². The van der Waals surface area contributed by atoms with E-state index in [1.165, 1.54) is 6.42 Å². The molecule has 2 unspecified atom stereocenters. The summed E-state index contributed by atoms with van der Waals surface area (Å²) in [7, 11) is 0. The van der Waals surface area contributed by atoms with Gasteiger partial charge in [-0.15, -0.1) is 0 Å². The number of piperidine rings is 1. The summed E-state index contributed by atoms with van der Waals surface area (Å²) < 4.78 is 5.52. The minimum Gasteiger partial charge on any atom is -0.446 e. The molecule has 16 heavy (non-hydrogen) atoms. The number of hydrogen-bond donors (Lipinski definition) is 0. The maximum absolute atomic E-state index is 12.1. The van der Waals surface area contributed by atoms with Crippen molar-refractivity contribution in [3.05, 3.63) is 0 Å². The number of amides is 1. The van der Waals surface area contributed by atoms with Crippen LogP contribution in [-0.2, 0) is 4.74 Å². The first-order valence-corrected chi connectivity index (χ1v) is 6.59. The Morgan fingerprint density at radius 2 is 1.75 bits per heavy atom. The lowest BCUT2D eigenvalue weighted by atomic mass is 9.98. The van der Waals surface area contributed by atoms with E-state index >= 15 is 0 Å². The van der Waals surface area contributed by atoms with Gasteiger partial charge in [-0.25, -0.2) is 4.79 Å². The van der Waals surface area contributed by atoms with Crippen LogP contribution in [-0.4, -0.2) is 29.2 Å². The average Bonchev–Trinajstić information content (AvgIpc) is 2.25. The van der Waals surface area contributed by atoms with Gasteiger partial charge in [0.25, 0.3) is 0 Å². The van der Waals surface area contributed by atoms with E-state index in [2.05, 4.69) is 27.7 Å². The lowest BCUT2D eigenvalue weighted by Crippen LogP contribution is -2.48. The molecule has 94 valence electrons. The molecule has 3 heteroatoms. The first-order valence-electron chi connectivity index (χ1n) is 6.59. The molecule has 0 saturated carbocycles. The SMILES string of the molecule is CCC(CC)OC(=O)N1C(C)CCCC1C. The molecule has 1 heterocycles. The Bertz CT molecular complexity index is 216. The highest BCUT2D eigenvalue weighted by atomic mass is 16.6. The van der Waals surface area contributed by atoms with Crippen LogP contribution in [0.25, 0.3) is 0 Å². The van der Waals surface area contributed by atoms with Gasteiger partial charge >= 0.3 is 6.09 Å². The Morgan fingerprint density at radius 3 is 2.19 bits per heavy atom. The van der Waals surface area contributed by atoms with Crippen LogP contribution in [0.3, 0.4) is 0 Å². The summed E-state index contributed by atoms with van der Waals surface area (Å²) in [5.74, 6) is 0. The molecule has 1 fully saturated rings. The number of carbonyl (C=O) groups excluding carboxylic acids is 1. The summed E-state index contributed by atoms with van der Waals surface area (Å²) in [6.45, 7) is 8.35. The Hall–Kier alpha value is -0.730. The van der Waals surface area contributed by atoms with Crippen LogP contribution < -0.4 is 0 Å². The maximum Gasteiger partial charge on any atom is 0.410 e. The summed E-state index contributed by atoms with van der Waals surface area (Å²) in [4.78, 5) is 14.0. The van der Waals surface area contributed by atoms with E-state index in [1.54, 1.807) is 0 Å². The van der Waals surface area contributed by atoms with E-state index in [0.29, 0.717) is 12.1 Å². The second kappa shape index (κ2) is 6.12. The van der Waals surface area contributed by atoms with Gasteiger partial charge in [0.1, 0.15) is 6.10 Å². The lowest BCUT2D eigenvalue weighted by molar-refractivity contribution is 0.0259. The summed E-state index contributed by atoms with van der Waals surface area (Å²) in [6, 6.07) is 0.649. The number of nitrogens with zero attached hydrogens (tertiary/aromatic N) is 1. The van der Waals surface area contributed by atoms with Crippen LogP contribution in [0, 0.1) is 0 Å². The van der Waals surface area contributed by atoms with Gasteiger partial charge in [-0.1, -0.05) is 13.8 Å². The fourth-order valence-electron chi connectivity index (χ4n) is 2.44. The third-order valence-corrected chi connectivity index (χ3v) is 3.58. The van der Waals surface area contributed by atoms with E-state index in [9.17, 15) is 4.79 Å². The number of ether oxygens (including phenoxy) is 1. The van der Waals surface area contributed by atoms with Gasteiger partial charge in [0.05, 0.1) is 0 Å². The van der Waals surface area contributed by atoms with E-state index in [1.807, 2.05) is 4.90 Å². The maximum atomic E-state index is 12.1. The first-order chi connectivity index (χ1) is 7.60. The van der Waals surface area contributed by atoms with Crippen molar-refractivity contribution in [2.24, 2.45) is 0 Å². The van der Waals surface area contributed by atoms with Crippen LogP contribution in [0.2, 0.25) is 0 Å². The summed E-state index contributed by atoms with van der Waals surface area (Å²) >= 11 is 0. The number of carbonyl (C=O) groups is 1. The zero-order valence-corrected chi connectivity index (χ0v) is 11.0. The molecule has 1 amide bonds. The van der Waals surface area contributed by atoms with Crippen molar-refractivity contribution in [2.75, 3.05) is 0 Å². The van der Waals surface area contributed by atoms with Crippen LogP contribution in [0.15, 0.2) is 0 Å². The molecule has 0 radical (unpaired) electrons. The normalized spacial score (nSPS) is 25.9. The summed E-state index contributed by atoms with van der Waals surface area (Å²) in [6.07, 6.45) is 5.18. The van der Waals surface area contributed by atoms with Gasteiger partial charge in [-0.2, -0.15) is 0 Å². The lowest BCUT2D eigenvalue weighted by Gasteiger charge is -2.38. The standard InChI is InChI=1S/C13H25NO2/c1-5-12(6-2)16-13(15)14-10(3)8-7-9-11(14)4/h10-12H,5-9H2,1-4H3. The van der Waals surface area contributed by atoms with Gasteiger partial charge in [-0.3, -0.25) is 0 Å². The van der Waals surface area contributed by atoms with E-state index in [-0.39, 0.29) is 12.2 Å². The van der Waals surface area contributed by atoms with Crippen molar-refractivity contribution >= 4 is 6.09 Å². The van der Waals surface area contributed by atoms with Crippen molar-refractivity contribution in [2.45, 2.75) is 78.0 Å². The topological polar surface area (TPSA) is 29.5 Å². The van der Waals surface area contributed by atoms with Crippen LogP contribution >= 0.6 is 0 Å². The number of likely N-dealkylation sites (tertiary alicyclic amines) is 1. The van der Waals surface area contributed by atoms with E-state index < -0.39 is 0 Å². The molecule has 0 bridgehead atoms. The van der Waals surface area contributed by atoms with Crippen LogP contribution in [0.5, 0.6) is 0 Å². The predicted octanol–water partition coefficient (Wildman–Crippen LogP) is 3.57. The molecule has 1 aliphatic heterocycles. The largest absolute Gasteiger partial charge is 0.446 e. The minimum atomic E-state index is -0.117. The fraction of sp³-hybridized carbons (Fsp3) is 0.923. The minimum absolute atomic E-state index is 0.0776. The van der Waals surface area contributed by atoms with Crippen molar-refractivity contribution in [3.63, 3.8) is 0 Å². The Balaban J connectivity index is 2.56. The molecule has 2 atom stereocenters. The highest BCUT2D eigenvalue weighted by Gasteiger charge is 2.30. The molecule has 1 rings (SSSR count). The number of rotatable bonds is 3. The fourth-order valence-corrected chi connectivity index (χ4v) is 2.44. The Labute approximate surface area is 99.1 Å². The zero-order chi connectivity index (χ0) is 12.1. The number of hydrogen-bond acceptors (Lipinski definition) is 2. The molecule has 0 aromatic carbocycles. The van der Waals surface area contributed by atoms with E-state index in [4.69, 9.17) is 4.74 Å².